The highest BCUT2D eigenvalue weighted by atomic mass is 16.6. The Morgan fingerprint density at radius 2 is 1.67 bits per heavy atom. The van der Waals surface area contributed by atoms with Crippen molar-refractivity contribution in [3.63, 3.8) is 0 Å². The average Bonchev–Trinajstić information content (AvgIpc) is 2.60. The van der Waals surface area contributed by atoms with Gasteiger partial charge in [0.15, 0.2) is 0 Å². The first-order valence-corrected chi connectivity index (χ1v) is 7.07. The second-order valence-corrected chi connectivity index (χ2v) is 6.93. The summed E-state index contributed by atoms with van der Waals surface area (Å²) in [5, 5.41) is 3.11. The van der Waals surface area contributed by atoms with E-state index in [1.54, 1.807) is 0 Å². The van der Waals surface area contributed by atoms with Crippen LogP contribution in [0.25, 0.3) is 0 Å². The number of rotatable bonds is 2. The largest absolute Gasteiger partial charge is 0.444 e. The molecule has 4 heteroatoms. The Morgan fingerprint density at radius 3 is 2.06 bits per heavy atom. The molecule has 18 heavy (non-hydrogen) atoms. The van der Waals surface area contributed by atoms with Crippen LogP contribution in [0.3, 0.4) is 0 Å². The molecule has 2 fully saturated rings. The molecule has 2 rings (SSSR count). The predicted octanol–water partition coefficient (Wildman–Crippen LogP) is 2.71. The van der Waals surface area contributed by atoms with Gasteiger partial charge in [-0.15, -0.1) is 0 Å². The van der Waals surface area contributed by atoms with E-state index < -0.39 is 5.60 Å². The van der Waals surface area contributed by atoms with E-state index in [1.807, 2.05) is 20.8 Å². The van der Waals surface area contributed by atoms with Gasteiger partial charge < -0.3 is 15.8 Å². The zero-order valence-corrected chi connectivity index (χ0v) is 11.8. The first-order chi connectivity index (χ1) is 8.27. The zero-order chi connectivity index (χ0) is 13.4. The van der Waals surface area contributed by atoms with Gasteiger partial charge in [0.1, 0.15) is 5.60 Å². The summed E-state index contributed by atoms with van der Waals surface area (Å²) in [5.41, 5.74) is 5.60. The van der Waals surface area contributed by atoms with Crippen LogP contribution in [0.4, 0.5) is 4.79 Å². The molecule has 0 spiro atoms. The first kappa shape index (κ1) is 13.7. The lowest BCUT2D eigenvalue weighted by molar-refractivity contribution is 0.0279. The fraction of sp³-hybridized carbons (Fsp3) is 0.929. The van der Waals surface area contributed by atoms with Crippen LogP contribution < -0.4 is 11.1 Å². The van der Waals surface area contributed by atoms with Crippen LogP contribution in [-0.4, -0.2) is 22.8 Å². The van der Waals surface area contributed by atoms with Gasteiger partial charge >= 0.3 is 6.09 Å². The van der Waals surface area contributed by atoms with Crippen molar-refractivity contribution in [3.8, 4) is 0 Å². The number of hydrogen-bond donors (Lipinski definition) is 2. The fourth-order valence-electron chi connectivity index (χ4n) is 3.26. The molecular weight excluding hydrogens is 228 g/mol. The second-order valence-electron chi connectivity index (χ2n) is 6.93. The molecule has 0 aromatic carbocycles. The van der Waals surface area contributed by atoms with E-state index in [-0.39, 0.29) is 17.2 Å². The summed E-state index contributed by atoms with van der Waals surface area (Å²) in [6, 6.07) is 0. The number of amides is 1. The molecule has 4 nitrogen and oxygen atoms in total. The lowest BCUT2D eigenvalue weighted by Crippen LogP contribution is -2.70. The molecule has 0 aliphatic heterocycles. The molecule has 0 saturated heterocycles. The third kappa shape index (κ3) is 2.48. The Morgan fingerprint density at radius 1 is 1.11 bits per heavy atom. The average molecular weight is 254 g/mol. The van der Waals surface area contributed by atoms with Crippen molar-refractivity contribution in [1.82, 2.24) is 5.32 Å². The van der Waals surface area contributed by atoms with Gasteiger partial charge in [-0.05, 0) is 52.9 Å². The molecule has 0 bridgehead atoms. The van der Waals surface area contributed by atoms with Crippen LogP contribution in [-0.2, 0) is 4.74 Å². The smallest absolute Gasteiger partial charge is 0.408 e. The monoisotopic (exact) mass is 254 g/mol. The molecule has 0 heterocycles. The fourth-order valence-corrected chi connectivity index (χ4v) is 3.26. The number of ether oxygens (including phenoxy) is 1. The number of nitrogens with one attached hydrogen (secondary N) is 1. The summed E-state index contributed by atoms with van der Waals surface area (Å²) in [6.07, 6.45) is 7.16. The summed E-state index contributed by atoms with van der Waals surface area (Å²) in [4.78, 5) is 12.0. The molecule has 0 aromatic heterocycles. The Balaban J connectivity index is 2.05. The predicted molar refractivity (Wildman–Crippen MR) is 71.3 cm³/mol. The maximum atomic E-state index is 12.0. The van der Waals surface area contributed by atoms with E-state index in [0.29, 0.717) is 0 Å². The minimum absolute atomic E-state index is 0.208. The van der Waals surface area contributed by atoms with Crippen molar-refractivity contribution in [2.75, 3.05) is 0 Å². The standard InChI is InChI=1S/C14H26N2O2/c1-12(2,3)18-11(17)16-14(9-4-5-10-14)13(15)7-6-8-13/h4-10,15H2,1-3H3,(H,16,17). The van der Waals surface area contributed by atoms with Crippen molar-refractivity contribution in [2.45, 2.75) is 82.4 Å². The zero-order valence-electron chi connectivity index (χ0n) is 11.8. The van der Waals surface area contributed by atoms with Crippen LogP contribution in [0.5, 0.6) is 0 Å². The third-order valence-electron chi connectivity index (χ3n) is 4.40. The van der Waals surface area contributed by atoms with Gasteiger partial charge in [0.25, 0.3) is 0 Å². The van der Waals surface area contributed by atoms with Crippen molar-refractivity contribution < 1.29 is 9.53 Å². The molecule has 1 amide bonds. The summed E-state index contributed by atoms with van der Waals surface area (Å²) < 4.78 is 5.38. The molecule has 104 valence electrons. The second kappa shape index (κ2) is 4.41. The summed E-state index contributed by atoms with van der Waals surface area (Å²) in [6.45, 7) is 5.65. The van der Waals surface area contributed by atoms with Crippen LogP contribution in [0.2, 0.25) is 0 Å². The van der Waals surface area contributed by atoms with Gasteiger partial charge in [-0.3, -0.25) is 0 Å². The van der Waals surface area contributed by atoms with Crippen molar-refractivity contribution >= 4 is 6.09 Å². The number of carbonyl (C=O) groups excluding carboxylic acids is 1. The molecule has 0 aromatic rings. The van der Waals surface area contributed by atoms with Crippen molar-refractivity contribution in [3.05, 3.63) is 0 Å². The molecule has 2 aliphatic rings. The number of hydrogen-bond acceptors (Lipinski definition) is 3. The van der Waals surface area contributed by atoms with Crippen molar-refractivity contribution in [2.24, 2.45) is 5.73 Å². The van der Waals surface area contributed by atoms with Gasteiger partial charge in [-0.1, -0.05) is 12.8 Å². The van der Waals surface area contributed by atoms with E-state index in [0.717, 1.165) is 38.5 Å². The first-order valence-electron chi connectivity index (χ1n) is 7.07. The van der Waals surface area contributed by atoms with Crippen LogP contribution >= 0.6 is 0 Å². The maximum absolute atomic E-state index is 12.0. The van der Waals surface area contributed by atoms with E-state index in [2.05, 4.69) is 5.32 Å². The highest BCUT2D eigenvalue weighted by molar-refractivity contribution is 5.69. The summed E-state index contributed by atoms with van der Waals surface area (Å²) in [5.74, 6) is 0. The molecule has 3 N–H and O–H groups in total. The van der Waals surface area contributed by atoms with E-state index >= 15 is 0 Å². The minimum Gasteiger partial charge on any atom is -0.444 e. The van der Waals surface area contributed by atoms with Gasteiger partial charge in [0, 0.05) is 5.54 Å². The highest BCUT2D eigenvalue weighted by Crippen LogP contribution is 2.47. The van der Waals surface area contributed by atoms with Crippen LogP contribution in [0.15, 0.2) is 0 Å². The van der Waals surface area contributed by atoms with Crippen LogP contribution in [0, 0.1) is 0 Å². The van der Waals surface area contributed by atoms with Crippen molar-refractivity contribution in [1.29, 1.82) is 0 Å². The highest BCUT2D eigenvalue weighted by Gasteiger charge is 2.54. The molecule has 0 atom stereocenters. The summed E-state index contributed by atoms with van der Waals surface area (Å²) in [7, 11) is 0. The van der Waals surface area contributed by atoms with E-state index in [4.69, 9.17) is 10.5 Å². The molecular formula is C14H26N2O2. The quantitative estimate of drug-likeness (QED) is 0.796. The molecule has 0 radical (unpaired) electrons. The van der Waals surface area contributed by atoms with Crippen LogP contribution in [0.1, 0.15) is 65.7 Å². The maximum Gasteiger partial charge on any atom is 0.408 e. The number of alkyl carbamates (subject to hydrolysis) is 1. The Kier molecular flexibility index (Phi) is 3.34. The lowest BCUT2D eigenvalue weighted by Gasteiger charge is -2.52. The number of carbonyl (C=O) groups is 1. The third-order valence-corrected chi connectivity index (χ3v) is 4.40. The minimum atomic E-state index is -0.453. The molecule has 0 unspecified atom stereocenters. The number of nitrogens with two attached hydrogens (primary N) is 1. The summed E-state index contributed by atoms with van der Waals surface area (Å²) >= 11 is 0. The Bertz CT molecular complexity index is 323. The molecule has 2 saturated carbocycles. The normalized spacial score (nSPS) is 25.3. The van der Waals surface area contributed by atoms with Gasteiger partial charge in [-0.25, -0.2) is 4.79 Å². The van der Waals surface area contributed by atoms with Gasteiger partial charge in [-0.2, -0.15) is 0 Å². The lowest BCUT2D eigenvalue weighted by atomic mass is 9.63. The van der Waals surface area contributed by atoms with E-state index in [9.17, 15) is 4.79 Å². The molecule has 2 aliphatic carbocycles. The SMILES string of the molecule is CC(C)(C)OC(=O)NC1(C2(N)CCC2)CCCC1. The van der Waals surface area contributed by atoms with Gasteiger partial charge in [0.2, 0.25) is 0 Å². The van der Waals surface area contributed by atoms with Gasteiger partial charge in [0.05, 0.1) is 5.54 Å². The van der Waals surface area contributed by atoms with E-state index in [1.165, 1.54) is 6.42 Å². The Hall–Kier alpha value is -0.770. The Labute approximate surface area is 110 Å². The topological polar surface area (TPSA) is 64.3 Å².